The summed E-state index contributed by atoms with van der Waals surface area (Å²) in [5, 5.41) is 8.72. The average Bonchev–Trinajstić information content (AvgIpc) is 3.06. The SMILES string of the molecule is Cc1c(C(=O)Nc2ccc(NC(=O)C(C)(C)C)cc2)oc2c1ccc1ccccc12. The van der Waals surface area contributed by atoms with E-state index in [2.05, 4.69) is 10.6 Å². The van der Waals surface area contributed by atoms with Crippen LogP contribution in [0.4, 0.5) is 11.4 Å². The lowest BCUT2D eigenvalue weighted by Gasteiger charge is -2.17. The highest BCUT2D eigenvalue weighted by molar-refractivity contribution is 6.11. The lowest BCUT2D eigenvalue weighted by molar-refractivity contribution is -0.123. The fourth-order valence-corrected chi connectivity index (χ4v) is 3.31. The highest BCUT2D eigenvalue weighted by Crippen LogP contribution is 2.32. The number of benzene rings is 3. The van der Waals surface area contributed by atoms with Crippen LogP contribution >= 0.6 is 0 Å². The standard InChI is InChI=1S/C25H24N2O3/c1-15-19-14-9-16-7-5-6-8-20(16)22(19)30-21(15)23(28)26-17-10-12-18(13-11-17)27-24(29)25(2,3)4/h5-14H,1-4H3,(H,26,28)(H,27,29). The molecule has 5 nitrogen and oxygen atoms in total. The minimum absolute atomic E-state index is 0.0654. The van der Waals surface area contributed by atoms with Gasteiger partial charge in [0.25, 0.3) is 5.91 Å². The van der Waals surface area contributed by atoms with Crippen molar-refractivity contribution in [3.8, 4) is 0 Å². The topological polar surface area (TPSA) is 71.3 Å². The molecule has 1 heterocycles. The van der Waals surface area contributed by atoms with E-state index in [-0.39, 0.29) is 11.8 Å². The maximum atomic E-state index is 12.9. The molecule has 0 atom stereocenters. The van der Waals surface area contributed by atoms with E-state index in [1.165, 1.54) is 0 Å². The van der Waals surface area contributed by atoms with Gasteiger partial charge in [0.15, 0.2) is 5.76 Å². The molecule has 2 amide bonds. The van der Waals surface area contributed by atoms with Gasteiger partial charge in [-0.15, -0.1) is 0 Å². The Labute approximate surface area is 175 Å². The third-order valence-electron chi connectivity index (χ3n) is 5.12. The molecule has 3 aromatic carbocycles. The number of fused-ring (bicyclic) bond motifs is 3. The van der Waals surface area contributed by atoms with Crippen molar-refractivity contribution >= 4 is 44.9 Å². The van der Waals surface area contributed by atoms with E-state index >= 15 is 0 Å². The number of amides is 2. The van der Waals surface area contributed by atoms with Crippen molar-refractivity contribution in [2.24, 2.45) is 5.41 Å². The normalized spacial score (nSPS) is 11.6. The van der Waals surface area contributed by atoms with E-state index < -0.39 is 5.41 Å². The van der Waals surface area contributed by atoms with Gasteiger partial charge in [-0.3, -0.25) is 9.59 Å². The van der Waals surface area contributed by atoms with Gasteiger partial charge in [0.2, 0.25) is 5.91 Å². The number of aryl methyl sites for hydroxylation is 1. The van der Waals surface area contributed by atoms with Crippen LogP contribution in [0.1, 0.15) is 36.9 Å². The number of hydrogen-bond donors (Lipinski definition) is 2. The zero-order chi connectivity index (χ0) is 21.5. The summed E-state index contributed by atoms with van der Waals surface area (Å²) in [7, 11) is 0. The molecule has 0 saturated carbocycles. The van der Waals surface area contributed by atoms with Crippen LogP contribution in [0, 0.1) is 12.3 Å². The zero-order valence-electron chi connectivity index (χ0n) is 17.5. The molecular weight excluding hydrogens is 376 g/mol. The van der Waals surface area contributed by atoms with Gasteiger partial charge in [-0.25, -0.2) is 0 Å². The molecule has 0 fully saturated rings. The van der Waals surface area contributed by atoms with Crippen LogP contribution < -0.4 is 10.6 Å². The van der Waals surface area contributed by atoms with Gasteiger partial charge >= 0.3 is 0 Å². The van der Waals surface area contributed by atoms with Gasteiger partial charge in [-0.05, 0) is 36.6 Å². The lowest BCUT2D eigenvalue weighted by Crippen LogP contribution is -2.27. The first kappa shape index (κ1) is 19.7. The first-order chi connectivity index (χ1) is 14.2. The Morgan fingerprint density at radius 1 is 0.800 bits per heavy atom. The number of nitrogens with one attached hydrogen (secondary N) is 2. The maximum absolute atomic E-state index is 12.9. The molecule has 152 valence electrons. The largest absolute Gasteiger partial charge is 0.450 e. The van der Waals surface area contributed by atoms with Crippen molar-refractivity contribution in [3.05, 3.63) is 72.0 Å². The van der Waals surface area contributed by atoms with E-state index in [0.717, 1.165) is 27.3 Å². The van der Waals surface area contributed by atoms with Gasteiger partial charge in [0.05, 0.1) is 0 Å². The predicted molar refractivity (Wildman–Crippen MR) is 121 cm³/mol. The summed E-state index contributed by atoms with van der Waals surface area (Å²) in [5.74, 6) is -0.0739. The quantitative estimate of drug-likeness (QED) is 0.434. The number of carbonyl (C=O) groups is 2. The molecule has 0 radical (unpaired) electrons. The van der Waals surface area contributed by atoms with Crippen LogP contribution in [-0.2, 0) is 4.79 Å². The van der Waals surface area contributed by atoms with Crippen molar-refractivity contribution in [2.75, 3.05) is 10.6 Å². The Morgan fingerprint density at radius 2 is 1.43 bits per heavy atom. The van der Waals surface area contributed by atoms with Crippen LogP contribution in [0.15, 0.2) is 65.1 Å². The summed E-state index contributed by atoms with van der Waals surface area (Å²) < 4.78 is 5.99. The van der Waals surface area contributed by atoms with Crippen molar-refractivity contribution in [2.45, 2.75) is 27.7 Å². The van der Waals surface area contributed by atoms with E-state index in [4.69, 9.17) is 4.42 Å². The van der Waals surface area contributed by atoms with Gasteiger partial charge in [-0.2, -0.15) is 0 Å². The summed E-state index contributed by atoms with van der Waals surface area (Å²) in [6.07, 6.45) is 0. The van der Waals surface area contributed by atoms with Crippen molar-refractivity contribution in [1.82, 2.24) is 0 Å². The highest BCUT2D eigenvalue weighted by Gasteiger charge is 2.21. The molecule has 4 rings (SSSR count). The molecule has 2 N–H and O–H groups in total. The highest BCUT2D eigenvalue weighted by atomic mass is 16.3. The van der Waals surface area contributed by atoms with Crippen molar-refractivity contribution < 1.29 is 14.0 Å². The van der Waals surface area contributed by atoms with E-state index in [1.807, 2.05) is 64.1 Å². The molecule has 0 aliphatic rings. The second-order valence-electron chi connectivity index (χ2n) is 8.46. The summed E-state index contributed by atoms with van der Waals surface area (Å²) >= 11 is 0. The monoisotopic (exact) mass is 400 g/mol. The van der Waals surface area contributed by atoms with Gasteiger partial charge in [0, 0.05) is 33.1 Å². The fraction of sp³-hybridized carbons (Fsp3) is 0.200. The number of anilines is 2. The zero-order valence-corrected chi connectivity index (χ0v) is 17.5. The molecule has 5 heteroatoms. The lowest BCUT2D eigenvalue weighted by atomic mass is 9.95. The molecule has 0 spiro atoms. The Balaban J connectivity index is 1.57. The number of rotatable bonds is 3. The summed E-state index contributed by atoms with van der Waals surface area (Å²) in [6.45, 7) is 7.46. The van der Waals surface area contributed by atoms with E-state index in [0.29, 0.717) is 17.1 Å². The van der Waals surface area contributed by atoms with Crippen LogP contribution in [0.5, 0.6) is 0 Å². The summed E-state index contributed by atoms with van der Waals surface area (Å²) in [4.78, 5) is 25.0. The second-order valence-corrected chi connectivity index (χ2v) is 8.46. The minimum Gasteiger partial charge on any atom is -0.450 e. The van der Waals surface area contributed by atoms with Crippen LogP contribution in [-0.4, -0.2) is 11.8 Å². The van der Waals surface area contributed by atoms with Crippen LogP contribution in [0.25, 0.3) is 21.7 Å². The smallest absolute Gasteiger partial charge is 0.291 e. The van der Waals surface area contributed by atoms with Crippen molar-refractivity contribution in [1.29, 1.82) is 0 Å². The van der Waals surface area contributed by atoms with Gasteiger partial charge < -0.3 is 15.1 Å². The Hall–Kier alpha value is -3.60. The fourth-order valence-electron chi connectivity index (χ4n) is 3.31. The Kier molecular flexibility index (Phi) is 4.82. The van der Waals surface area contributed by atoms with Crippen LogP contribution in [0.3, 0.4) is 0 Å². The average molecular weight is 400 g/mol. The third-order valence-corrected chi connectivity index (χ3v) is 5.12. The predicted octanol–water partition coefficient (Wildman–Crippen LogP) is 6.13. The van der Waals surface area contributed by atoms with E-state index in [1.54, 1.807) is 24.3 Å². The van der Waals surface area contributed by atoms with Gasteiger partial charge in [-0.1, -0.05) is 57.2 Å². The Morgan fingerprint density at radius 3 is 2.10 bits per heavy atom. The number of carbonyl (C=O) groups excluding carboxylic acids is 2. The Bertz CT molecular complexity index is 1260. The first-order valence-corrected chi connectivity index (χ1v) is 9.88. The molecule has 0 unspecified atom stereocenters. The molecule has 0 saturated heterocycles. The molecule has 1 aromatic heterocycles. The first-order valence-electron chi connectivity index (χ1n) is 9.88. The number of furan rings is 1. The van der Waals surface area contributed by atoms with Gasteiger partial charge in [0.1, 0.15) is 5.58 Å². The molecular formula is C25H24N2O3. The summed E-state index contributed by atoms with van der Waals surface area (Å²) in [5.41, 5.74) is 2.35. The molecule has 0 aliphatic carbocycles. The van der Waals surface area contributed by atoms with Crippen molar-refractivity contribution in [3.63, 3.8) is 0 Å². The third kappa shape index (κ3) is 3.66. The molecule has 0 bridgehead atoms. The van der Waals surface area contributed by atoms with Crippen LogP contribution in [0.2, 0.25) is 0 Å². The minimum atomic E-state index is -0.476. The second kappa shape index (κ2) is 7.34. The summed E-state index contributed by atoms with van der Waals surface area (Å²) in [6, 6.07) is 19.0. The number of hydrogen-bond acceptors (Lipinski definition) is 3. The molecule has 30 heavy (non-hydrogen) atoms. The molecule has 4 aromatic rings. The maximum Gasteiger partial charge on any atom is 0.291 e. The molecule has 0 aliphatic heterocycles. The van der Waals surface area contributed by atoms with E-state index in [9.17, 15) is 9.59 Å².